The molecule has 0 saturated carbocycles. The first-order valence-electron chi connectivity index (χ1n) is 6.66. The number of carbonyl (C=O) groups excluding carboxylic acids is 1. The minimum Gasteiger partial charge on any atom is -0.497 e. The van der Waals surface area contributed by atoms with Crippen molar-refractivity contribution >= 4 is 39.2 Å². The molecule has 0 radical (unpaired) electrons. The fourth-order valence-corrected chi connectivity index (χ4v) is 4.20. The van der Waals surface area contributed by atoms with E-state index in [9.17, 15) is 13.2 Å². The number of anilines is 2. The van der Waals surface area contributed by atoms with Crippen LogP contribution < -0.4 is 14.4 Å². The average molecular weight is 350 g/mol. The lowest BCUT2D eigenvalue weighted by Gasteiger charge is -2.29. The van der Waals surface area contributed by atoms with Gasteiger partial charge in [0.05, 0.1) is 18.5 Å². The van der Waals surface area contributed by atoms with Crippen LogP contribution in [0.1, 0.15) is 0 Å². The Kier molecular flexibility index (Phi) is 3.95. The fourth-order valence-electron chi connectivity index (χ4n) is 2.31. The van der Waals surface area contributed by atoms with E-state index in [2.05, 4.69) is 5.32 Å². The zero-order valence-electron chi connectivity index (χ0n) is 12.4. The number of rotatable bonds is 3. The molecule has 0 bridgehead atoms. The summed E-state index contributed by atoms with van der Waals surface area (Å²) in [5.41, 5.74) is 0.508. The summed E-state index contributed by atoms with van der Waals surface area (Å²) in [6.07, 6.45) is 1.92. The van der Waals surface area contributed by atoms with Gasteiger partial charge in [-0.15, -0.1) is 11.8 Å². The molecule has 0 saturated heterocycles. The molecule has 0 spiro atoms. The molecule has 0 unspecified atom stereocenters. The number of hydrogen-bond acceptors (Lipinski definition) is 5. The molecule has 2 amide bonds. The molecule has 6 nitrogen and oxygen atoms in total. The van der Waals surface area contributed by atoms with E-state index in [1.54, 1.807) is 30.3 Å². The standard InChI is InChI=1S/C15H14N2O4S2/c1-21-11-5-8-14-13(9-11)16-15(18)17(23(14,19)20)10-3-6-12(22-2)7-4-10/h3-9H,1-2H3,(H,16,18). The summed E-state index contributed by atoms with van der Waals surface area (Å²) in [6, 6.07) is 10.5. The SMILES string of the molecule is COc1ccc2c(c1)NC(=O)N(c1ccc(SC)cc1)S2(=O)=O. The van der Waals surface area contributed by atoms with E-state index in [-0.39, 0.29) is 10.6 Å². The van der Waals surface area contributed by atoms with E-state index >= 15 is 0 Å². The van der Waals surface area contributed by atoms with Crippen molar-refractivity contribution in [3.05, 3.63) is 42.5 Å². The van der Waals surface area contributed by atoms with Crippen LogP contribution >= 0.6 is 11.8 Å². The van der Waals surface area contributed by atoms with Crippen molar-refractivity contribution in [3.8, 4) is 5.75 Å². The maximum atomic E-state index is 12.8. The Labute approximate surface area is 138 Å². The maximum absolute atomic E-state index is 12.8. The van der Waals surface area contributed by atoms with Gasteiger partial charge in [0.25, 0.3) is 10.0 Å². The van der Waals surface area contributed by atoms with Crippen molar-refractivity contribution in [1.82, 2.24) is 0 Å². The van der Waals surface area contributed by atoms with Gasteiger partial charge in [-0.25, -0.2) is 13.2 Å². The Morgan fingerprint density at radius 2 is 1.83 bits per heavy atom. The molecule has 3 rings (SSSR count). The second kappa shape index (κ2) is 5.78. The number of methoxy groups -OCH3 is 1. The number of ether oxygens (including phenoxy) is 1. The lowest BCUT2D eigenvalue weighted by Crippen LogP contribution is -2.44. The average Bonchev–Trinajstić information content (AvgIpc) is 2.54. The van der Waals surface area contributed by atoms with Gasteiger partial charge in [-0.05, 0) is 42.7 Å². The number of thioether (sulfide) groups is 1. The van der Waals surface area contributed by atoms with Crippen LogP contribution in [0.5, 0.6) is 5.75 Å². The lowest BCUT2D eigenvalue weighted by atomic mass is 10.3. The van der Waals surface area contributed by atoms with Crippen LogP contribution in [0.15, 0.2) is 52.3 Å². The smallest absolute Gasteiger partial charge is 0.340 e. The van der Waals surface area contributed by atoms with E-state index in [1.807, 2.05) is 6.26 Å². The van der Waals surface area contributed by atoms with Crippen LogP contribution in [0.4, 0.5) is 16.2 Å². The molecule has 1 aliphatic rings. The summed E-state index contributed by atoms with van der Waals surface area (Å²) in [5, 5.41) is 2.59. The molecule has 0 fully saturated rings. The van der Waals surface area contributed by atoms with Crippen molar-refractivity contribution in [2.45, 2.75) is 9.79 Å². The molecule has 120 valence electrons. The largest absolute Gasteiger partial charge is 0.497 e. The Balaban J connectivity index is 2.10. The van der Waals surface area contributed by atoms with Gasteiger partial charge in [0.15, 0.2) is 0 Å². The van der Waals surface area contributed by atoms with E-state index in [0.717, 1.165) is 9.20 Å². The predicted molar refractivity (Wildman–Crippen MR) is 89.9 cm³/mol. The van der Waals surface area contributed by atoms with Crippen LogP contribution in [-0.2, 0) is 10.0 Å². The van der Waals surface area contributed by atoms with Gasteiger partial charge < -0.3 is 10.1 Å². The van der Waals surface area contributed by atoms with Gasteiger partial charge in [-0.3, -0.25) is 0 Å². The number of carbonyl (C=O) groups is 1. The quantitative estimate of drug-likeness (QED) is 0.861. The van der Waals surface area contributed by atoms with Gasteiger partial charge in [-0.1, -0.05) is 0 Å². The van der Waals surface area contributed by atoms with E-state index in [4.69, 9.17) is 4.74 Å². The van der Waals surface area contributed by atoms with Gasteiger partial charge in [0.1, 0.15) is 10.6 Å². The number of urea groups is 1. The van der Waals surface area contributed by atoms with Crippen LogP contribution in [0, 0.1) is 0 Å². The number of amides is 2. The second-order valence-electron chi connectivity index (χ2n) is 4.76. The summed E-state index contributed by atoms with van der Waals surface area (Å²) in [4.78, 5) is 13.3. The summed E-state index contributed by atoms with van der Waals surface area (Å²) in [5.74, 6) is 0.469. The van der Waals surface area contributed by atoms with Crippen molar-refractivity contribution in [2.75, 3.05) is 23.0 Å². The Bertz CT molecular complexity index is 864. The van der Waals surface area contributed by atoms with E-state index < -0.39 is 16.1 Å². The molecule has 8 heteroatoms. The first kappa shape index (κ1) is 15.7. The Morgan fingerprint density at radius 1 is 1.13 bits per heavy atom. The first-order chi connectivity index (χ1) is 11.0. The summed E-state index contributed by atoms with van der Waals surface area (Å²) >= 11 is 1.54. The molecule has 1 N–H and O–H groups in total. The number of hydrogen-bond donors (Lipinski definition) is 1. The number of benzene rings is 2. The highest BCUT2D eigenvalue weighted by Crippen LogP contribution is 2.36. The van der Waals surface area contributed by atoms with Gasteiger partial charge in [0, 0.05) is 11.0 Å². The highest BCUT2D eigenvalue weighted by molar-refractivity contribution is 7.98. The molecule has 0 atom stereocenters. The number of nitrogens with zero attached hydrogens (tertiary/aromatic N) is 1. The molecular weight excluding hydrogens is 336 g/mol. The van der Waals surface area contributed by atoms with Crippen LogP contribution in [0.2, 0.25) is 0 Å². The van der Waals surface area contributed by atoms with E-state index in [0.29, 0.717) is 11.4 Å². The highest BCUT2D eigenvalue weighted by Gasteiger charge is 2.38. The Hall–Kier alpha value is -2.19. The predicted octanol–water partition coefficient (Wildman–Crippen LogP) is 3.16. The molecule has 2 aromatic rings. The normalized spacial score (nSPS) is 15.7. The number of nitrogens with one attached hydrogen (secondary N) is 1. The molecular formula is C15H14N2O4S2. The van der Waals surface area contributed by atoms with Gasteiger partial charge in [-0.2, -0.15) is 4.31 Å². The third-order valence-electron chi connectivity index (χ3n) is 3.44. The maximum Gasteiger partial charge on any atom is 0.340 e. The van der Waals surface area contributed by atoms with Crippen molar-refractivity contribution in [2.24, 2.45) is 0 Å². The minimum atomic E-state index is -3.97. The molecule has 0 aromatic heterocycles. The zero-order valence-corrected chi connectivity index (χ0v) is 14.1. The van der Waals surface area contributed by atoms with Gasteiger partial charge in [0.2, 0.25) is 0 Å². The zero-order chi connectivity index (χ0) is 16.6. The third kappa shape index (κ3) is 2.64. The fraction of sp³-hybridized carbons (Fsp3) is 0.133. The van der Waals surface area contributed by atoms with Crippen molar-refractivity contribution < 1.29 is 17.9 Å². The summed E-state index contributed by atoms with van der Waals surface area (Å²) in [7, 11) is -2.50. The van der Waals surface area contributed by atoms with Crippen molar-refractivity contribution in [1.29, 1.82) is 0 Å². The first-order valence-corrected chi connectivity index (χ1v) is 9.32. The van der Waals surface area contributed by atoms with Gasteiger partial charge >= 0.3 is 6.03 Å². The molecule has 1 aliphatic heterocycles. The number of fused-ring (bicyclic) bond motifs is 1. The molecule has 0 aliphatic carbocycles. The van der Waals surface area contributed by atoms with Crippen LogP contribution in [-0.4, -0.2) is 27.8 Å². The minimum absolute atomic E-state index is 0.0341. The monoisotopic (exact) mass is 350 g/mol. The number of sulfonamides is 1. The van der Waals surface area contributed by atoms with Crippen LogP contribution in [0.3, 0.4) is 0 Å². The van der Waals surface area contributed by atoms with Crippen LogP contribution in [0.25, 0.3) is 0 Å². The van der Waals surface area contributed by atoms with E-state index in [1.165, 1.54) is 31.0 Å². The third-order valence-corrected chi connectivity index (χ3v) is 5.95. The lowest BCUT2D eigenvalue weighted by molar-refractivity contribution is 0.259. The molecule has 1 heterocycles. The Morgan fingerprint density at radius 3 is 2.43 bits per heavy atom. The summed E-state index contributed by atoms with van der Waals surface area (Å²) < 4.78 is 31.4. The molecule has 23 heavy (non-hydrogen) atoms. The molecule has 2 aromatic carbocycles. The summed E-state index contributed by atoms with van der Waals surface area (Å²) in [6.45, 7) is 0. The highest BCUT2D eigenvalue weighted by atomic mass is 32.2. The topological polar surface area (TPSA) is 75.7 Å². The second-order valence-corrected chi connectivity index (χ2v) is 7.39. The van der Waals surface area contributed by atoms with Crippen molar-refractivity contribution in [3.63, 3.8) is 0 Å².